The molecule has 1 saturated heterocycles. The van der Waals surface area contributed by atoms with E-state index in [2.05, 4.69) is 20.9 Å². The predicted octanol–water partition coefficient (Wildman–Crippen LogP) is 2.06. The van der Waals surface area contributed by atoms with Crippen LogP contribution in [-0.4, -0.2) is 50.4 Å². The number of fused-ring (bicyclic) bond motifs is 4. The summed E-state index contributed by atoms with van der Waals surface area (Å²) >= 11 is 0. The molecule has 3 aromatic heterocycles. The molecule has 5 rings (SSSR count). The van der Waals surface area contributed by atoms with E-state index >= 15 is 0 Å². The van der Waals surface area contributed by atoms with Crippen molar-refractivity contribution in [3.05, 3.63) is 76.1 Å². The molecule has 1 amide bonds. The van der Waals surface area contributed by atoms with Crippen LogP contribution in [0.1, 0.15) is 39.8 Å². The summed E-state index contributed by atoms with van der Waals surface area (Å²) in [5, 5.41) is 0. The molecule has 0 saturated carbocycles. The minimum absolute atomic E-state index is 0.00502. The van der Waals surface area contributed by atoms with Crippen LogP contribution in [0.2, 0.25) is 0 Å². The number of aromatic nitrogens is 3. The Bertz CT molecular complexity index is 1090. The molecule has 0 unspecified atom stereocenters. The second kappa shape index (κ2) is 7.60. The van der Waals surface area contributed by atoms with Crippen LogP contribution in [0.3, 0.4) is 0 Å². The van der Waals surface area contributed by atoms with Gasteiger partial charge in [0.05, 0.1) is 18.4 Å². The van der Waals surface area contributed by atoms with Crippen molar-refractivity contribution in [1.29, 1.82) is 0 Å². The number of hydrogen-bond donors (Lipinski definition) is 1. The number of pyridine rings is 1. The van der Waals surface area contributed by atoms with Crippen LogP contribution >= 0.6 is 0 Å². The van der Waals surface area contributed by atoms with Crippen LogP contribution in [0, 0.1) is 5.92 Å². The smallest absolute Gasteiger partial charge is 0.257 e. The number of nitrogens with zero attached hydrogens (tertiary/aromatic N) is 4. The normalized spacial score (nSPS) is 20.4. The monoisotopic (exact) mass is 407 g/mol. The first kappa shape index (κ1) is 18.9. The van der Waals surface area contributed by atoms with E-state index in [4.69, 9.17) is 4.42 Å². The first-order valence-electron chi connectivity index (χ1n) is 10.3. The molecule has 2 aliphatic heterocycles. The summed E-state index contributed by atoms with van der Waals surface area (Å²) < 4.78 is 7.01. The minimum Gasteiger partial charge on any atom is -0.472 e. The molecule has 1 N–H and O–H groups in total. The van der Waals surface area contributed by atoms with Gasteiger partial charge in [0.1, 0.15) is 12.1 Å². The zero-order valence-corrected chi connectivity index (χ0v) is 17.0. The lowest BCUT2D eigenvalue weighted by molar-refractivity contribution is 0.0593. The fraction of sp³-hybridized carbons (Fsp3) is 0.409. The largest absolute Gasteiger partial charge is 0.472 e. The highest BCUT2D eigenvalue weighted by Crippen LogP contribution is 2.35. The summed E-state index contributed by atoms with van der Waals surface area (Å²) in [6.45, 7) is 3.20. The number of imidazole rings is 1. The highest BCUT2D eigenvalue weighted by molar-refractivity contribution is 5.94. The second-order valence-corrected chi connectivity index (χ2v) is 8.43. The third-order valence-electron chi connectivity index (χ3n) is 6.15. The molecule has 8 nitrogen and oxygen atoms in total. The van der Waals surface area contributed by atoms with Gasteiger partial charge in [-0.15, -0.1) is 0 Å². The van der Waals surface area contributed by atoms with E-state index < -0.39 is 0 Å². The average molecular weight is 407 g/mol. The van der Waals surface area contributed by atoms with E-state index in [1.54, 1.807) is 18.5 Å². The van der Waals surface area contributed by atoms with Gasteiger partial charge in [-0.05, 0) is 31.5 Å². The molecule has 5 heterocycles. The third-order valence-corrected chi connectivity index (χ3v) is 6.15. The van der Waals surface area contributed by atoms with Gasteiger partial charge in [0, 0.05) is 55.7 Å². The van der Waals surface area contributed by atoms with Crippen molar-refractivity contribution >= 4 is 5.91 Å². The van der Waals surface area contributed by atoms with Gasteiger partial charge in [-0.2, -0.15) is 0 Å². The Morgan fingerprint density at radius 2 is 2.17 bits per heavy atom. The van der Waals surface area contributed by atoms with Gasteiger partial charge >= 0.3 is 0 Å². The zero-order valence-electron chi connectivity index (χ0n) is 17.0. The lowest BCUT2D eigenvalue weighted by Crippen LogP contribution is -2.49. The summed E-state index contributed by atoms with van der Waals surface area (Å²) in [4.78, 5) is 37.3. The van der Waals surface area contributed by atoms with Crippen LogP contribution in [0.15, 0.2) is 52.3 Å². The number of amides is 1. The van der Waals surface area contributed by atoms with Gasteiger partial charge in [0.25, 0.3) is 11.5 Å². The van der Waals surface area contributed by atoms with E-state index in [1.807, 2.05) is 22.6 Å². The number of aromatic amines is 1. The van der Waals surface area contributed by atoms with Gasteiger partial charge in [-0.25, -0.2) is 4.98 Å². The SMILES string of the molecule is CN(Cc1ncc[nH]1)Cc1ccc2n(c1=O)C[C@H]1C[C@@H]2CN(C(=O)c2ccoc2)C1. The molecule has 1 fully saturated rings. The average Bonchev–Trinajstić information content (AvgIpc) is 3.44. The Morgan fingerprint density at radius 1 is 1.27 bits per heavy atom. The van der Waals surface area contributed by atoms with E-state index in [9.17, 15) is 9.59 Å². The maximum absolute atomic E-state index is 13.2. The predicted molar refractivity (Wildman–Crippen MR) is 110 cm³/mol. The molecule has 2 atom stereocenters. The summed E-state index contributed by atoms with van der Waals surface area (Å²) in [6.07, 6.45) is 7.58. The number of carbonyl (C=O) groups excluding carboxylic acids is 1. The molecule has 30 heavy (non-hydrogen) atoms. The Hall–Kier alpha value is -3.13. The number of rotatable bonds is 5. The molecule has 0 spiro atoms. The molecule has 156 valence electrons. The van der Waals surface area contributed by atoms with Crippen LogP contribution in [0.4, 0.5) is 0 Å². The van der Waals surface area contributed by atoms with Crippen molar-refractivity contribution in [1.82, 2.24) is 24.3 Å². The molecule has 8 heteroatoms. The van der Waals surface area contributed by atoms with Crippen molar-refractivity contribution in [2.75, 3.05) is 20.1 Å². The second-order valence-electron chi connectivity index (χ2n) is 8.43. The molecular formula is C22H25N5O3. The zero-order chi connectivity index (χ0) is 20.7. The first-order valence-corrected chi connectivity index (χ1v) is 10.3. The first-order chi connectivity index (χ1) is 14.6. The molecule has 0 aromatic carbocycles. The quantitative estimate of drug-likeness (QED) is 0.700. The van der Waals surface area contributed by atoms with Gasteiger partial charge in [0.15, 0.2) is 0 Å². The maximum Gasteiger partial charge on any atom is 0.257 e. The Morgan fingerprint density at radius 3 is 2.93 bits per heavy atom. The van der Waals surface area contributed by atoms with E-state index in [-0.39, 0.29) is 17.4 Å². The maximum atomic E-state index is 13.2. The Balaban J connectivity index is 1.34. The summed E-state index contributed by atoms with van der Waals surface area (Å²) in [7, 11) is 1.99. The Labute approximate surface area is 174 Å². The van der Waals surface area contributed by atoms with E-state index in [0.29, 0.717) is 44.2 Å². The van der Waals surface area contributed by atoms with Gasteiger partial charge in [-0.3, -0.25) is 14.5 Å². The lowest BCUT2D eigenvalue weighted by atomic mass is 9.82. The molecule has 3 aromatic rings. The van der Waals surface area contributed by atoms with Crippen molar-refractivity contribution in [2.45, 2.75) is 32.0 Å². The fourth-order valence-corrected chi connectivity index (χ4v) is 4.83. The number of nitrogens with one attached hydrogen (secondary N) is 1. The molecule has 2 bridgehead atoms. The summed E-state index contributed by atoms with van der Waals surface area (Å²) in [5.74, 6) is 1.37. The Kier molecular flexibility index (Phi) is 4.78. The van der Waals surface area contributed by atoms with E-state index in [1.165, 1.54) is 12.5 Å². The minimum atomic E-state index is 0.00502. The number of furan rings is 1. The number of likely N-dealkylation sites (tertiary alicyclic amines) is 1. The fourth-order valence-electron chi connectivity index (χ4n) is 4.83. The van der Waals surface area contributed by atoms with Crippen LogP contribution < -0.4 is 5.56 Å². The lowest BCUT2D eigenvalue weighted by Gasteiger charge is -2.42. The van der Waals surface area contributed by atoms with Crippen molar-refractivity contribution in [2.24, 2.45) is 5.92 Å². The molecule has 2 aliphatic rings. The number of piperidine rings is 1. The molecule has 0 aliphatic carbocycles. The topological polar surface area (TPSA) is 87.4 Å². The van der Waals surface area contributed by atoms with Crippen LogP contribution in [-0.2, 0) is 19.6 Å². The van der Waals surface area contributed by atoms with Gasteiger partial charge in [0.2, 0.25) is 0 Å². The molecular weight excluding hydrogens is 382 g/mol. The highest BCUT2D eigenvalue weighted by atomic mass is 16.3. The van der Waals surface area contributed by atoms with Gasteiger partial charge in [-0.1, -0.05) is 6.07 Å². The third kappa shape index (κ3) is 3.47. The summed E-state index contributed by atoms with van der Waals surface area (Å²) in [5.41, 5.74) is 2.50. The summed E-state index contributed by atoms with van der Waals surface area (Å²) in [6, 6.07) is 5.73. The number of hydrogen-bond acceptors (Lipinski definition) is 5. The molecule has 0 radical (unpaired) electrons. The van der Waals surface area contributed by atoms with Crippen LogP contribution in [0.25, 0.3) is 0 Å². The van der Waals surface area contributed by atoms with Gasteiger partial charge < -0.3 is 18.9 Å². The number of carbonyl (C=O) groups is 1. The highest BCUT2D eigenvalue weighted by Gasteiger charge is 2.37. The van der Waals surface area contributed by atoms with Crippen molar-refractivity contribution in [3.8, 4) is 0 Å². The standard InChI is InChI=1S/C22H25N5O3/c1-25(13-20-23-5-6-24-20)11-16-2-3-19-18-8-15(10-27(19)22(16)29)9-26(12-18)21(28)17-4-7-30-14-17/h2-7,14-15,18H,8-13H2,1H3,(H,23,24)/t15-,18+/m0/s1. The van der Waals surface area contributed by atoms with Crippen LogP contribution in [0.5, 0.6) is 0 Å². The van der Waals surface area contributed by atoms with Crippen molar-refractivity contribution in [3.63, 3.8) is 0 Å². The number of H-pyrrole nitrogens is 1. The van der Waals surface area contributed by atoms with Crippen molar-refractivity contribution < 1.29 is 9.21 Å². The van der Waals surface area contributed by atoms with E-state index in [0.717, 1.165) is 23.5 Å².